The molecule has 2 saturated carbocycles. The Hall–Kier alpha value is -1.19. The van der Waals surface area contributed by atoms with Gasteiger partial charge in [-0.05, 0) is 58.8 Å². The van der Waals surface area contributed by atoms with E-state index in [1.54, 1.807) is 6.92 Å². The second kappa shape index (κ2) is 5.71. The molecule has 4 heteroatoms. The molecular formula is C19H30O4. The number of rotatable bonds is 4. The maximum Gasteiger partial charge on any atom is 0.306 e. The van der Waals surface area contributed by atoms with Gasteiger partial charge >= 0.3 is 5.97 Å². The van der Waals surface area contributed by atoms with Gasteiger partial charge in [-0.25, -0.2) is 0 Å². The summed E-state index contributed by atoms with van der Waals surface area (Å²) in [5, 5.41) is 0. The highest BCUT2D eigenvalue weighted by atomic mass is 16.6. The number of ketones is 2. The van der Waals surface area contributed by atoms with Crippen LogP contribution in [-0.2, 0) is 19.1 Å². The van der Waals surface area contributed by atoms with E-state index in [0.717, 1.165) is 12.8 Å². The number of ether oxygens (including phenoxy) is 1. The molecule has 0 bridgehead atoms. The molecule has 0 amide bonds. The molecule has 0 aromatic rings. The highest BCUT2D eigenvalue weighted by Crippen LogP contribution is 2.55. The van der Waals surface area contributed by atoms with Gasteiger partial charge in [0.15, 0.2) is 0 Å². The lowest BCUT2D eigenvalue weighted by molar-refractivity contribution is -0.155. The van der Waals surface area contributed by atoms with Crippen molar-refractivity contribution in [3.63, 3.8) is 0 Å². The van der Waals surface area contributed by atoms with Crippen molar-refractivity contribution in [1.82, 2.24) is 0 Å². The smallest absolute Gasteiger partial charge is 0.306 e. The van der Waals surface area contributed by atoms with Crippen LogP contribution < -0.4 is 0 Å². The van der Waals surface area contributed by atoms with Crippen molar-refractivity contribution in [3.05, 3.63) is 0 Å². The molecule has 0 saturated heterocycles. The normalized spacial score (nSPS) is 33.0. The van der Waals surface area contributed by atoms with Crippen LogP contribution in [0.3, 0.4) is 0 Å². The van der Waals surface area contributed by atoms with Crippen molar-refractivity contribution in [2.45, 2.75) is 79.2 Å². The molecule has 0 aromatic carbocycles. The Bertz CT molecular complexity index is 498. The SMILES string of the molecule is CC1(C)C[C@@H]2C(=O)C(C)(CCCC(=O)OC(C)(C)C)C(=O)[C@@H]2C1. The van der Waals surface area contributed by atoms with Gasteiger partial charge in [-0.1, -0.05) is 13.8 Å². The number of esters is 1. The van der Waals surface area contributed by atoms with E-state index in [4.69, 9.17) is 4.74 Å². The minimum Gasteiger partial charge on any atom is -0.460 e. The van der Waals surface area contributed by atoms with Gasteiger partial charge in [0.1, 0.15) is 17.2 Å². The van der Waals surface area contributed by atoms with E-state index in [9.17, 15) is 14.4 Å². The Morgan fingerprint density at radius 3 is 2.00 bits per heavy atom. The van der Waals surface area contributed by atoms with Gasteiger partial charge in [0, 0.05) is 18.3 Å². The molecular weight excluding hydrogens is 292 g/mol. The van der Waals surface area contributed by atoms with Crippen LogP contribution in [0.5, 0.6) is 0 Å². The Morgan fingerprint density at radius 1 is 1.09 bits per heavy atom. The van der Waals surface area contributed by atoms with Gasteiger partial charge < -0.3 is 4.74 Å². The summed E-state index contributed by atoms with van der Waals surface area (Å²) < 4.78 is 5.28. The maximum atomic E-state index is 12.8. The number of carbonyl (C=O) groups excluding carboxylic acids is 3. The van der Waals surface area contributed by atoms with Crippen molar-refractivity contribution in [2.75, 3.05) is 0 Å². The Balaban J connectivity index is 1.95. The molecule has 23 heavy (non-hydrogen) atoms. The molecule has 3 atom stereocenters. The van der Waals surface area contributed by atoms with Crippen LogP contribution in [-0.4, -0.2) is 23.1 Å². The molecule has 0 aliphatic heterocycles. The number of hydrogen-bond donors (Lipinski definition) is 0. The van der Waals surface area contributed by atoms with Crippen molar-refractivity contribution in [1.29, 1.82) is 0 Å². The van der Waals surface area contributed by atoms with Gasteiger partial charge in [0.05, 0.1) is 5.41 Å². The van der Waals surface area contributed by atoms with E-state index in [-0.39, 0.29) is 41.2 Å². The van der Waals surface area contributed by atoms with Crippen molar-refractivity contribution < 1.29 is 19.1 Å². The molecule has 1 unspecified atom stereocenters. The monoisotopic (exact) mass is 322 g/mol. The molecule has 130 valence electrons. The third kappa shape index (κ3) is 3.67. The molecule has 2 aliphatic carbocycles. The first-order chi connectivity index (χ1) is 10.4. The van der Waals surface area contributed by atoms with Gasteiger partial charge in [-0.3, -0.25) is 14.4 Å². The van der Waals surface area contributed by atoms with Crippen LogP contribution in [0.25, 0.3) is 0 Å². The highest BCUT2D eigenvalue weighted by Gasteiger charge is 2.61. The molecule has 4 nitrogen and oxygen atoms in total. The van der Waals surface area contributed by atoms with Gasteiger partial charge in [-0.2, -0.15) is 0 Å². The van der Waals surface area contributed by atoms with Gasteiger partial charge in [0.2, 0.25) is 0 Å². The quantitative estimate of drug-likeness (QED) is 0.585. The lowest BCUT2D eigenvalue weighted by Gasteiger charge is -2.25. The molecule has 0 N–H and O–H groups in total. The molecule has 0 radical (unpaired) electrons. The van der Waals surface area contributed by atoms with Crippen molar-refractivity contribution in [3.8, 4) is 0 Å². The maximum absolute atomic E-state index is 12.8. The standard InChI is InChI=1S/C19H30O4/c1-17(2,3)23-14(20)8-7-9-19(6)15(21)12-10-18(4,5)11-13(12)16(19)22/h12-13H,7-11H2,1-6H3/t12-,13+,19?. The first-order valence-electron chi connectivity index (χ1n) is 8.66. The molecule has 2 aliphatic rings. The number of Topliss-reactive ketones (excluding diaryl/α,β-unsaturated/α-hetero) is 2. The van der Waals surface area contributed by atoms with Crippen LogP contribution in [0.4, 0.5) is 0 Å². The number of hydrogen-bond acceptors (Lipinski definition) is 4. The lowest BCUT2D eigenvalue weighted by atomic mass is 9.76. The predicted octanol–water partition coefficient (Wildman–Crippen LogP) is 3.71. The third-order valence-electron chi connectivity index (χ3n) is 5.27. The molecule has 0 aromatic heterocycles. The highest BCUT2D eigenvalue weighted by molar-refractivity contribution is 6.15. The summed E-state index contributed by atoms with van der Waals surface area (Å²) in [6, 6.07) is 0. The topological polar surface area (TPSA) is 60.4 Å². The van der Waals surface area contributed by atoms with E-state index < -0.39 is 11.0 Å². The van der Waals surface area contributed by atoms with Crippen molar-refractivity contribution in [2.24, 2.45) is 22.7 Å². The summed E-state index contributed by atoms with van der Waals surface area (Å²) in [4.78, 5) is 37.3. The van der Waals surface area contributed by atoms with Gasteiger partial charge in [-0.15, -0.1) is 0 Å². The van der Waals surface area contributed by atoms with Crippen LogP contribution in [0, 0.1) is 22.7 Å². The van der Waals surface area contributed by atoms with E-state index in [2.05, 4.69) is 13.8 Å². The minimum atomic E-state index is -0.895. The fourth-order valence-corrected chi connectivity index (χ4v) is 4.27. The third-order valence-corrected chi connectivity index (χ3v) is 5.27. The van der Waals surface area contributed by atoms with Gasteiger partial charge in [0.25, 0.3) is 0 Å². The molecule has 2 fully saturated rings. The summed E-state index contributed by atoms with van der Waals surface area (Å²) in [5.41, 5.74) is -1.31. The average molecular weight is 322 g/mol. The first-order valence-corrected chi connectivity index (χ1v) is 8.66. The zero-order valence-electron chi connectivity index (χ0n) is 15.3. The molecule has 2 rings (SSSR count). The largest absolute Gasteiger partial charge is 0.460 e. The second-order valence-corrected chi connectivity index (χ2v) is 9.29. The summed E-state index contributed by atoms with van der Waals surface area (Å²) in [7, 11) is 0. The Kier molecular flexibility index (Phi) is 4.51. The summed E-state index contributed by atoms with van der Waals surface area (Å²) in [6.45, 7) is 11.5. The van der Waals surface area contributed by atoms with Crippen LogP contribution in [0.1, 0.15) is 73.6 Å². The Morgan fingerprint density at radius 2 is 1.57 bits per heavy atom. The van der Waals surface area contributed by atoms with E-state index in [1.165, 1.54) is 0 Å². The van der Waals surface area contributed by atoms with Crippen molar-refractivity contribution >= 4 is 17.5 Å². The van der Waals surface area contributed by atoms with E-state index in [1.807, 2.05) is 20.8 Å². The van der Waals surface area contributed by atoms with Crippen LogP contribution in [0.15, 0.2) is 0 Å². The minimum absolute atomic E-state index is 0.0818. The number of carbonyl (C=O) groups is 3. The average Bonchev–Trinajstić information content (AvgIpc) is 2.76. The number of fused-ring (bicyclic) bond motifs is 1. The van der Waals surface area contributed by atoms with E-state index in [0.29, 0.717) is 12.8 Å². The first kappa shape index (κ1) is 18.2. The summed E-state index contributed by atoms with van der Waals surface area (Å²) in [5.74, 6) is -0.280. The molecule has 0 heterocycles. The summed E-state index contributed by atoms with van der Waals surface area (Å²) in [6.07, 6.45) is 2.85. The van der Waals surface area contributed by atoms with Crippen LogP contribution >= 0.6 is 0 Å². The van der Waals surface area contributed by atoms with Crippen LogP contribution in [0.2, 0.25) is 0 Å². The molecule has 0 spiro atoms. The zero-order valence-corrected chi connectivity index (χ0v) is 15.3. The Labute approximate surface area is 139 Å². The zero-order chi connectivity index (χ0) is 17.6. The predicted molar refractivity (Wildman–Crippen MR) is 87.8 cm³/mol. The fourth-order valence-electron chi connectivity index (χ4n) is 4.27. The fraction of sp³-hybridized carbons (Fsp3) is 0.842. The van der Waals surface area contributed by atoms with E-state index >= 15 is 0 Å². The second-order valence-electron chi connectivity index (χ2n) is 9.29. The summed E-state index contributed by atoms with van der Waals surface area (Å²) >= 11 is 0. The lowest BCUT2D eigenvalue weighted by Crippen LogP contribution is -2.33.